The molecule has 9 heteroatoms. The molecule has 46 heavy (non-hydrogen) atoms. The van der Waals surface area contributed by atoms with Gasteiger partial charge >= 0.3 is 5.97 Å². The summed E-state index contributed by atoms with van der Waals surface area (Å²) in [5.74, 6) is 0.863. The summed E-state index contributed by atoms with van der Waals surface area (Å²) in [6.45, 7) is 8.07. The summed E-state index contributed by atoms with van der Waals surface area (Å²) in [6.07, 6.45) is 1.76. The Kier molecular flexibility index (Phi) is 9.42. The van der Waals surface area contributed by atoms with E-state index in [4.69, 9.17) is 19.2 Å². The average Bonchev–Trinajstić information content (AvgIpc) is 3.33. The number of carbonyl (C=O) groups is 1. The van der Waals surface area contributed by atoms with E-state index in [0.717, 1.165) is 20.4 Å². The van der Waals surface area contributed by atoms with E-state index in [2.05, 4.69) is 52.9 Å². The Bertz CT molecular complexity index is 2160. The van der Waals surface area contributed by atoms with Gasteiger partial charge in [-0.05, 0) is 103 Å². The first-order valence-corrected chi connectivity index (χ1v) is 17.0. The molecule has 0 fully saturated rings. The molecule has 0 bridgehead atoms. The Morgan fingerprint density at radius 1 is 1.00 bits per heavy atom. The maximum Gasteiger partial charge on any atom is 0.338 e. The molecule has 0 aliphatic carbocycles. The van der Waals surface area contributed by atoms with Crippen LogP contribution in [0.2, 0.25) is 0 Å². The monoisotopic (exact) mass is 744 g/mol. The van der Waals surface area contributed by atoms with Gasteiger partial charge in [0.1, 0.15) is 24.1 Å². The van der Waals surface area contributed by atoms with Gasteiger partial charge in [-0.1, -0.05) is 72.0 Å². The molecule has 0 unspecified atom stereocenters. The molecular weight excluding hydrogens is 711 g/mol. The fourth-order valence-corrected chi connectivity index (χ4v) is 7.26. The first kappa shape index (κ1) is 31.7. The van der Waals surface area contributed by atoms with Gasteiger partial charge in [-0.2, -0.15) is 0 Å². The lowest BCUT2D eigenvalue weighted by molar-refractivity contribution is -0.139. The minimum atomic E-state index is -0.751. The second-order valence-electron chi connectivity index (χ2n) is 11.2. The number of benzene rings is 4. The Morgan fingerprint density at radius 3 is 2.52 bits per heavy atom. The molecule has 5 aromatic rings. The maximum atomic E-state index is 14.1. The van der Waals surface area contributed by atoms with Gasteiger partial charge in [0.2, 0.25) is 0 Å². The SMILES string of the molecule is CCOC(=O)C1=C(C)N=c2s/c(=C/c3ccc(OCc4ccc5ccccc5c4)c(I)c3)c(=O)n2[C@H]1c1ccccc1OC(C)C. The van der Waals surface area contributed by atoms with Crippen LogP contribution in [0.4, 0.5) is 0 Å². The molecule has 6 rings (SSSR count). The van der Waals surface area contributed by atoms with Crippen LogP contribution in [0.3, 0.4) is 0 Å². The van der Waals surface area contributed by atoms with Gasteiger partial charge in [-0.3, -0.25) is 9.36 Å². The molecule has 1 aliphatic rings. The first-order chi connectivity index (χ1) is 22.2. The summed E-state index contributed by atoms with van der Waals surface area (Å²) in [7, 11) is 0. The van der Waals surface area contributed by atoms with Crippen molar-refractivity contribution in [1.29, 1.82) is 0 Å². The lowest BCUT2D eigenvalue weighted by atomic mass is 9.95. The lowest BCUT2D eigenvalue weighted by Gasteiger charge is -2.26. The highest BCUT2D eigenvalue weighted by Gasteiger charge is 2.35. The largest absolute Gasteiger partial charge is 0.491 e. The number of aromatic nitrogens is 1. The van der Waals surface area contributed by atoms with Gasteiger partial charge in [0, 0.05) is 5.56 Å². The van der Waals surface area contributed by atoms with Crippen molar-refractivity contribution in [3.63, 3.8) is 0 Å². The Balaban J connectivity index is 1.35. The lowest BCUT2D eigenvalue weighted by Crippen LogP contribution is -2.40. The van der Waals surface area contributed by atoms with Gasteiger partial charge < -0.3 is 14.2 Å². The number of ether oxygens (including phenoxy) is 3. The van der Waals surface area contributed by atoms with E-state index in [0.29, 0.717) is 38.5 Å². The summed E-state index contributed by atoms with van der Waals surface area (Å²) < 4.78 is 20.8. The van der Waals surface area contributed by atoms with Gasteiger partial charge in [0.15, 0.2) is 4.80 Å². The summed E-state index contributed by atoms with van der Waals surface area (Å²) in [6, 6.07) is 27.2. The summed E-state index contributed by atoms with van der Waals surface area (Å²) in [4.78, 5) is 32.6. The van der Waals surface area contributed by atoms with E-state index in [9.17, 15) is 9.59 Å². The molecular formula is C37H33IN2O5S. The molecule has 0 N–H and O–H groups in total. The van der Waals surface area contributed by atoms with E-state index in [1.54, 1.807) is 18.4 Å². The number of allylic oxidation sites excluding steroid dienone is 1. The number of carbonyl (C=O) groups excluding carboxylic acids is 1. The molecule has 0 amide bonds. The third kappa shape index (κ3) is 6.52. The predicted octanol–water partition coefficient (Wildman–Crippen LogP) is 6.92. The third-order valence-corrected chi connectivity index (χ3v) is 9.38. The normalized spacial score (nSPS) is 14.7. The topological polar surface area (TPSA) is 79.1 Å². The number of para-hydroxylation sites is 1. The minimum Gasteiger partial charge on any atom is -0.491 e. The van der Waals surface area contributed by atoms with Crippen LogP contribution in [0.1, 0.15) is 50.4 Å². The number of fused-ring (bicyclic) bond motifs is 2. The fraction of sp³-hybridized carbons (Fsp3) is 0.216. The van der Waals surface area contributed by atoms with Gasteiger partial charge in [-0.25, -0.2) is 9.79 Å². The van der Waals surface area contributed by atoms with Crippen LogP contribution in [0, 0.1) is 3.57 Å². The molecule has 234 valence electrons. The molecule has 1 aromatic heterocycles. The molecule has 1 aliphatic heterocycles. The number of hydrogen-bond donors (Lipinski definition) is 0. The summed E-state index contributed by atoms with van der Waals surface area (Å²) >= 11 is 3.55. The van der Waals surface area contributed by atoms with E-state index in [1.165, 1.54) is 22.1 Å². The zero-order valence-electron chi connectivity index (χ0n) is 26.0. The van der Waals surface area contributed by atoms with Crippen molar-refractivity contribution >= 4 is 56.7 Å². The fourth-order valence-electron chi connectivity index (χ4n) is 5.52. The smallest absolute Gasteiger partial charge is 0.338 e. The molecule has 0 saturated heterocycles. The standard InChI is InChI=1S/C37H33IN2O5S/c1-5-43-36(42)33-23(4)39-37-40(34(33)28-12-8-9-13-30(28)45-22(2)3)35(41)32(46-37)20-24-15-17-31(29(38)19-24)44-21-25-14-16-26-10-6-7-11-27(26)18-25/h6-20,22,34H,5,21H2,1-4H3/b32-20+/t34-/m0/s1. The van der Waals surface area contributed by atoms with E-state index >= 15 is 0 Å². The zero-order valence-corrected chi connectivity index (χ0v) is 28.9. The minimum absolute atomic E-state index is 0.102. The Labute approximate surface area is 284 Å². The van der Waals surface area contributed by atoms with E-state index < -0.39 is 12.0 Å². The second-order valence-corrected chi connectivity index (χ2v) is 13.3. The summed E-state index contributed by atoms with van der Waals surface area (Å²) in [5, 5.41) is 2.38. The molecule has 2 heterocycles. The van der Waals surface area contributed by atoms with Crippen molar-refractivity contribution in [3.8, 4) is 11.5 Å². The number of nitrogens with zero attached hydrogens (tertiary/aromatic N) is 2. The van der Waals surface area contributed by atoms with Crippen LogP contribution in [0.5, 0.6) is 11.5 Å². The number of halogens is 1. The summed E-state index contributed by atoms with van der Waals surface area (Å²) in [5.41, 5.74) is 3.24. The number of thiazole rings is 1. The van der Waals surface area contributed by atoms with Crippen molar-refractivity contribution in [2.75, 3.05) is 6.61 Å². The van der Waals surface area contributed by atoms with Crippen LogP contribution in [-0.4, -0.2) is 23.2 Å². The molecule has 0 spiro atoms. The quantitative estimate of drug-likeness (QED) is 0.121. The van der Waals surface area contributed by atoms with E-state index in [-0.39, 0.29) is 18.3 Å². The predicted molar refractivity (Wildman–Crippen MR) is 190 cm³/mol. The highest BCUT2D eigenvalue weighted by Crippen LogP contribution is 2.36. The van der Waals surface area contributed by atoms with Crippen molar-refractivity contribution in [2.24, 2.45) is 4.99 Å². The van der Waals surface area contributed by atoms with Crippen LogP contribution >= 0.6 is 33.9 Å². The number of hydrogen-bond acceptors (Lipinski definition) is 7. The van der Waals surface area contributed by atoms with E-state index in [1.807, 2.05) is 74.5 Å². The van der Waals surface area contributed by atoms with Crippen molar-refractivity contribution in [3.05, 3.63) is 136 Å². The molecule has 1 atom stereocenters. The molecule has 0 radical (unpaired) electrons. The van der Waals surface area contributed by atoms with Crippen LogP contribution < -0.4 is 24.4 Å². The third-order valence-electron chi connectivity index (χ3n) is 7.56. The molecule has 4 aromatic carbocycles. The van der Waals surface area contributed by atoms with Gasteiger partial charge in [-0.15, -0.1) is 0 Å². The highest BCUT2D eigenvalue weighted by atomic mass is 127. The first-order valence-electron chi connectivity index (χ1n) is 15.1. The molecule has 7 nitrogen and oxygen atoms in total. The Hall–Kier alpha value is -4.22. The van der Waals surface area contributed by atoms with Crippen LogP contribution in [-0.2, 0) is 16.1 Å². The van der Waals surface area contributed by atoms with Crippen LogP contribution in [0.15, 0.2) is 106 Å². The van der Waals surface area contributed by atoms with Gasteiger partial charge in [0.05, 0.1) is 32.1 Å². The Morgan fingerprint density at radius 2 is 1.76 bits per heavy atom. The zero-order chi connectivity index (χ0) is 32.4. The van der Waals surface area contributed by atoms with Gasteiger partial charge in [0.25, 0.3) is 5.56 Å². The highest BCUT2D eigenvalue weighted by molar-refractivity contribution is 14.1. The molecule has 0 saturated carbocycles. The maximum absolute atomic E-state index is 14.1. The van der Waals surface area contributed by atoms with Crippen molar-refractivity contribution < 1.29 is 19.0 Å². The number of rotatable bonds is 9. The average molecular weight is 745 g/mol. The second kappa shape index (κ2) is 13.6. The number of esters is 1. The van der Waals surface area contributed by atoms with Crippen molar-refractivity contribution in [1.82, 2.24) is 4.57 Å². The van der Waals surface area contributed by atoms with Crippen molar-refractivity contribution in [2.45, 2.75) is 46.4 Å². The van der Waals surface area contributed by atoms with Crippen LogP contribution in [0.25, 0.3) is 16.8 Å².